The van der Waals surface area contributed by atoms with Crippen LogP contribution in [0.15, 0.2) is 48.5 Å². The van der Waals surface area contributed by atoms with Crippen molar-refractivity contribution in [1.29, 1.82) is 0 Å². The Morgan fingerprint density at radius 3 is 2.25 bits per heavy atom. The van der Waals surface area contributed by atoms with E-state index >= 15 is 0 Å². The molecule has 0 aliphatic carbocycles. The molecule has 0 saturated heterocycles. The van der Waals surface area contributed by atoms with Crippen molar-refractivity contribution in [3.05, 3.63) is 60.4 Å². The molecule has 0 nitrogen and oxygen atoms in total. The second-order valence-electron chi connectivity index (χ2n) is 2.87. The van der Waals surface area contributed by atoms with Crippen molar-refractivity contribution in [3.8, 4) is 11.1 Å². The van der Waals surface area contributed by atoms with Gasteiger partial charge in [0.1, 0.15) is 5.82 Å². The molecule has 0 unspecified atom stereocenters. The fourth-order valence-corrected chi connectivity index (χ4v) is 1.26. The predicted octanol–water partition coefficient (Wildman–Crippen LogP) is 4.60. The lowest BCUT2D eigenvalue weighted by Gasteiger charge is -2.01. The van der Waals surface area contributed by atoms with Crippen LogP contribution < -0.4 is 0 Å². The number of hydrogen-bond donors (Lipinski definition) is 0. The van der Waals surface area contributed by atoms with E-state index in [0.29, 0.717) is 5.56 Å². The summed E-state index contributed by atoms with van der Waals surface area (Å²) in [6, 6.07) is 17.0. The summed E-state index contributed by atoms with van der Waals surface area (Å²) in [6.45, 7) is 0. The van der Waals surface area contributed by atoms with Crippen molar-refractivity contribution in [2.75, 3.05) is 0 Å². The molecule has 0 spiro atoms. The van der Waals surface area contributed by atoms with Gasteiger partial charge in [0.2, 0.25) is 0 Å². The van der Waals surface area contributed by atoms with Crippen LogP contribution in [0.25, 0.3) is 11.1 Å². The molecule has 16 heavy (non-hydrogen) atoms. The first-order chi connectivity index (χ1) is 7.79. The third-order valence-corrected chi connectivity index (χ3v) is 1.90. The molecule has 2 rings (SSSR count). The van der Waals surface area contributed by atoms with Crippen LogP contribution in [0.5, 0.6) is 0 Å². The van der Waals surface area contributed by atoms with Crippen LogP contribution in [0.4, 0.5) is 4.39 Å². The molecule has 0 aliphatic heterocycles. The first-order valence-electron chi connectivity index (χ1n) is 4.62. The predicted molar refractivity (Wildman–Crippen MR) is 74.3 cm³/mol. The average molecular weight is 355 g/mol. The molecule has 0 atom stereocenters. The lowest BCUT2D eigenvalue weighted by atomic mass is 10.1. The first-order valence-corrected chi connectivity index (χ1v) is 12.4. The van der Waals surface area contributed by atoms with Crippen molar-refractivity contribution >= 4 is 41.8 Å². The van der Waals surface area contributed by atoms with Crippen molar-refractivity contribution < 1.29 is 4.39 Å². The van der Waals surface area contributed by atoms with Gasteiger partial charge in [0, 0.05) is 5.56 Å². The van der Waals surface area contributed by atoms with Crippen LogP contribution in [0.2, 0.25) is 0 Å². The summed E-state index contributed by atoms with van der Waals surface area (Å²) in [6.07, 6.45) is 0. The Morgan fingerprint density at radius 2 is 1.69 bits per heavy atom. The Morgan fingerprint density at radius 1 is 1.06 bits per heavy atom. The normalized spacial score (nSPS) is 8.69. The molecular weight excluding hydrogens is 347 g/mol. The topological polar surface area (TPSA) is 0 Å². The van der Waals surface area contributed by atoms with Crippen molar-refractivity contribution in [2.24, 2.45) is 0 Å². The minimum Gasteiger partial charge on any atom is -0.280 e. The van der Waals surface area contributed by atoms with Crippen LogP contribution in [-0.2, 0) is 0 Å². The third kappa shape index (κ3) is 4.53. The Labute approximate surface area is 117 Å². The summed E-state index contributed by atoms with van der Waals surface area (Å²) in [4.78, 5) is 0. The molecule has 0 aliphatic rings. The van der Waals surface area contributed by atoms with Crippen LogP contribution in [-0.4, -0.2) is 16.0 Å². The lowest BCUT2D eigenvalue weighted by Crippen LogP contribution is -1.81. The van der Waals surface area contributed by atoms with E-state index in [4.69, 9.17) is 0 Å². The van der Waals surface area contributed by atoms with Gasteiger partial charge < -0.3 is 0 Å². The third-order valence-electron chi connectivity index (χ3n) is 1.90. The fourth-order valence-electron chi connectivity index (χ4n) is 1.26. The van der Waals surface area contributed by atoms with Gasteiger partial charge >= 0.3 is 16.0 Å². The summed E-state index contributed by atoms with van der Waals surface area (Å²) >= 11 is 6.44. The molecule has 2 aromatic rings. The van der Waals surface area contributed by atoms with E-state index in [1.54, 1.807) is 12.1 Å². The minimum absolute atomic E-state index is 0.0417. The van der Waals surface area contributed by atoms with Gasteiger partial charge in [-0.1, -0.05) is 42.5 Å². The van der Waals surface area contributed by atoms with Gasteiger partial charge in [0.05, 0.1) is 0 Å². The molecule has 79 valence electrons. The van der Waals surface area contributed by atoms with E-state index in [1.165, 1.54) is 6.07 Å². The SMILES string of the molecule is Fc1c[c]ccc1-c1ccccc1.[Br][Mg][Br]. The van der Waals surface area contributed by atoms with Crippen molar-refractivity contribution in [2.45, 2.75) is 0 Å². The second-order valence-corrected chi connectivity index (χ2v) is 11.0. The van der Waals surface area contributed by atoms with Crippen LogP contribution in [0.3, 0.4) is 0 Å². The quantitative estimate of drug-likeness (QED) is 0.656. The Kier molecular flexibility index (Phi) is 7.28. The summed E-state index contributed by atoms with van der Waals surface area (Å²) in [5.41, 5.74) is 1.52. The van der Waals surface area contributed by atoms with Gasteiger partial charge in [-0.3, -0.25) is 25.8 Å². The maximum Gasteiger partial charge on any atom is 0.560 e. The smallest absolute Gasteiger partial charge is 0.280 e. The van der Waals surface area contributed by atoms with Gasteiger partial charge in [0.15, 0.2) is 0 Å². The zero-order valence-electron chi connectivity index (χ0n) is 8.46. The number of halogens is 3. The number of rotatable bonds is 1. The monoisotopic (exact) mass is 353 g/mol. The summed E-state index contributed by atoms with van der Waals surface area (Å²) in [5, 5.41) is 0. The minimum atomic E-state index is -0.228. The summed E-state index contributed by atoms with van der Waals surface area (Å²) < 4.78 is 13.2. The van der Waals surface area contributed by atoms with E-state index in [-0.39, 0.29) is 21.8 Å². The lowest BCUT2D eigenvalue weighted by molar-refractivity contribution is 0.631. The Balaban J connectivity index is 0.000000386. The van der Waals surface area contributed by atoms with Gasteiger partial charge in [-0.25, -0.2) is 4.39 Å². The molecule has 0 heterocycles. The molecule has 0 N–H and O–H groups in total. The molecule has 2 aromatic carbocycles. The molecule has 0 amide bonds. The molecule has 0 saturated carbocycles. The van der Waals surface area contributed by atoms with Crippen molar-refractivity contribution in [3.63, 3.8) is 0 Å². The van der Waals surface area contributed by atoms with Gasteiger partial charge in [-0.15, -0.1) is 0 Å². The standard InChI is InChI=1S/C12H8F.2BrH.Mg/c13-12-9-5-4-8-11(12)10-6-2-1-3-7-10;;;/h1-4,6-9H;2*1H;/q;;;+2/p-2. The summed E-state index contributed by atoms with van der Waals surface area (Å²) in [7, 11) is 0. The average Bonchev–Trinajstić information content (AvgIpc) is 2.32. The Bertz CT molecular complexity index is 420. The Hall–Kier alpha value is 0.0962. The van der Waals surface area contributed by atoms with Crippen LogP contribution >= 0.6 is 25.8 Å². The maximum atomic E-state index is 13.2. The molecule has 4 heteroatoms. The zero-order valence-corrected chi connectivity index (χ0v) is 13.0. The van der Waals surface area contributed by atoms with Crippen LogP contribution in [0.1, 0.15) is 0 Å². The molecule has 1 radical (unpaired) electrons. The number of hydrogen-bond acceptors (Lipinski definition) is 0. The van der Waals surface area contributed by atoms with Gasteiger partial charge in [-0.05, 0) is 17.7 Å². The highest BCUT2D eigenvalue weighted by Gasteiger charge is 2.01. The zero-order chi connectivity index (χ0) is 11.8. The maximum absolute atomic E-state index is 13.2. The second kappa shape index (κ2) is 8.23. The highest BCUT2D eigenvalue weighted by atomic mass is 79.9. The van der Waals surface area contributed by atoms with E-state index in [1.807, 2.05) is 30.3 Å². The van der Waals surface area contributed by atoms with E-state index in [2.05, 4.69) is 31.8 Å². The van der Waals surface area contributed by atoms with Crippen LogP contribution in [0, 0.1) is 11.9 Å². The highest BCUT2D eigenvalue weighted by molar-refractivity contribution is 9.47. The summed E-state index contributed by atoms with van der Waals surface area (Å²) in [5.74, 6) is -0.228. The van der Waals surface area contributed by atoms with E-state index in [9.17, 15) is 4.39 Å². The molecule has 0 fully saturated rings. The highest BCUT2D eigenvalue weighted by Crippen LogP contribution is 2.21. The number of benzene rings is 2. The molecule has 0 bridgehead atoms. The molecule has 0 aromatic heterocycles. The van der Waals surface area contributed by atoms with Gasteiger partial charge in [-0.2, -0.15) is 0 Å². The molecular formula is C12H8Br2FMg. The van der Waals surface area contributed by atoms with E-state index in [0.717, 1.165) is 5.56 Å². The largest absolute Gasteiger partial charge is 0.560 e. The fraction of sp³-hybridized carbons (Fsp3) is 0. The van der Waals surface area contributed by atoms with E-state index < -0.39 is 0 Å². The van der Waals surface area contributed by atoms with Gasteiger partial charge in [0.25, 0.3) is 0 Å². The first kappa shape index (κ1) is 14.2. The van der Waals surface area contributed by atoms with Crippen molar-refractivity contribution in [1.82, 2.24) is 0 Å².